The Morgan fingerprint density at radius 1 is 1.38 bits per heavy atom. The first kappa shape index (κ1) is 16.7. The molecule has 0 saturated heterocycles. The molecule has 3 rings (SSSR count). The average Bonchev–Trinajstić information content (AvgIpc) is 3.21. The Bertz CT molecular complexity index is 715. The minimum Gasteiger partial charge on any atom is -0.458 e. The lowest BCUT2D eigenvalue weighted by Gasteiger charge is -2.12. The summed E-state index contributed by atoms with van der Waals surface area (Å²) < 4.78 is 21.1. The first-order valence-corrected chi connectivity index (χ1v) is 8.56. The van der Waals surface area contributed by atoms with Gasteiger partial charge in [-0.1, -0.05) is 6.07 Å². The van der Waals surface area contributed by atoms with Crippen LogP contribution in [0.25, 0.3) is 0 Å². The number of thiazole rings is 1. The topological polar surface area (TPSA) is 66.9 Å². The Hall–Kier alpha value is -2.12. The third kappa shape index (κ3) is 4.04. The largest absolute Gasteiger partial charge is 0.458 e. The van der Waals surface area contributed by atoms with Gasteiger partial charge in [-0.2, -0.15) is 0 Å². The zero-order valence-electron chi connectivity index (χ0n) is 13.6. The molecule has 0 spiro atoms. The van der Waals surface area contributed by atoms with Crippen LogP contribution in [-0.2, 0) is 22.5 Å². The van der Waals surface area contributed by atoms with Crippen molar-refractivity contribution in [1.29, 1.82) is 0 Å². The van der Waals surface area contributed by atoms with Crippen LogP contribution in [0.1, 0.15) is 34.4 Å². The molecule has 0 N–H and O–H groups in total. The van der Waals surface area contributed by atoms with E-state index in [1.165, 1.54) is 11.3 Å². The fraction of sp³-hybridized carbons (Fsp3) is 0.412. The van der Waals surface area contributed by atoms with Crippen LogP contribution in [0.5, 0.6) is 11.5 Å². The van der Waals surface area contributed by atoms with Gasteiger partial charge in [-0.15, -0.1) is 11.3 Å². The molecule has 0 radical (unpaired) electrons. The zero-order valence-corrected chi connectivity index (χ0v) is 14.4. The molecule has 2 heterocycles. The highest BCUT2D eigenvalue weighted by molar-refractivity contribution is 7.09. The molecule has 0 amide bonds. The number of nitrogens with zero attached hydrogens (tertiary/aromatic N) is 1. The molecular formula is C17H19NO5S. The Balaban J connectivity index is 1.49. The number of hydrogen-bond donors (Lipinski definition) is 0. The van der Waals surface area contributed by atoms with Crippen molar-refractivity contribution in [2.24, 2.45) is 0 Å². The van der Waals surface area contributed by atoms with Gasteiger partial charge in [0.05, 0.1) is 12.7 Å². The normalized spacial score (nSPS) is 13.8. The number of carbonyl (C=O) groups excluding carboxylic acids is 1. The SMILES string of the molecule is COCc1nc(C(=O)OC(C)CCc2ccc3c(c2)OCO3)cs1. The van der Waals surface area contributed by atoms with Gasteiger partial charge in [-0.05, 0) is 37.5 Å². The van der Waals surface area contributed by atoms with Crippen LogP contribution in [-0.4, -0.2) is 31.0 Å². The summed E-state index contributed by atoms with van der Waals surface area (Å²) in [6.45, 7) is 2.55. The van der Waals surface area contributed by atoms with Crippen molar-refractivity contribution in [3.63, 3.8) is 0 Å². The van der Waals surface area contributed by atoms with E-state index in [1.54, 1.807) is 12.5 Å². The van der Waals surface area contributed by atoms with Gasteiger partial charge >= 0.3 is 5.97 Å². The summed E-state index contributed by atoms with van der Waals surface area (Å²) in [4.78, 5) is 16.3. The lowest BCUT2D eigenvalue weighted by molar-refractivity contribution is 0.0318. The number of esters is 1. The van der Waals surface area contributed by atoms with Crippen molar-refractivity contribution in [3.05, 3.63) is 39.8 Å². The number of methoxy groups -OCH3 is 1. The van der Waals surface area contributed by atoms with Gasteiger partial charge in [0.15, 0.2) is 17.2 Å². The van der Waals surface area contributed by atoms with Crippen LogP contribution in [0.15, 0.2) is 23.6 Å². The van der Waals surface area contributed by atoms with Gasteiger partial charge in [0.2, 0.25) is 6.79 Å². The van der Waals surface area contributed by atoms with Crippen molar-refractivity contribution in [1.82, 2.24) is 4.98 Å². The van der Waals surface area contributed by atoms with Gasteiger partial charge in [-0.3, -0.25) is 0 Å². The van der Waals surface area contributed by atoms with E-state index in [0.717, 1.165) is 34.9 Å². The number of fused-ring (bicyclic) bond motifs is 1. The molecule has 1 aliphatic rings. The molecule has 1 aromatic heterocycles. The van der Waals surface area contributed by atoms with Crippen LogP contribution in [0.3, 0.4) is 0 Å². The standard InChI is InChI=1S/C17H19NO5S/c1-11(23-17(19)13-9-24-16(18-13)8-20-2)3-4-12-5-6-14-15(7-12)22-10-21-14/h5-7,9,11H,3-4,8,10H2,1-2H3. The molecule has 24 heavy (non-hydrogen) atoms. The second-order valence-corrected chi connectivity index (χ2v) is 6.44. The maximum Gasteiger partial charge on any atom is 0.358 e. The number of ether oxygens (including phenoxy) is 4. The fourth-order valence-corrected chi connectivity index (χ4v) is 3.10. The molecule has 2 aromatic rings. The number of carbonyl (C=O) groups is 1. The Labute approximate surface area is 144 Å². The number of hydrogen-bond acceptors (Lipinski definition) is 7. The highest BCUT2D eigenvalue weighted by Crippen LogP contribution is 2.32. The molecule has 6 nitrogen and oxygen atoms in total. The second kappa shape index (κ2) is 7.63. The number of benzene rings is 1. The van der Waals surface area contributed by atoms with Crippen LogP contribution in [0.2, 0.25) is 0 Å². The van der Waals surface area contributed by atoms with Crippen molar-refractivity contribution < 1.29 is 23.7 Å². The van der Waals surface area contributed by atoms with Crippen molar-refractivity contribution in [2.75, 3.05) is 13.9 Å². The summed E-state index contributed by atoms with van der Waals surface area (Å²) in [6, 6.07) is 5.87. The van der Waals surface area contributed by atoms with Gasteiger partial charge in [0, 0.05) is 12.5 Å². The van der Waals surface area contributed by atoms with Crippen molar-refractivity contribution in [3.8, 4) is 11.5 Å². The minimum atomic E-state index is -0.396. The van der Waals surface area contributed by atoms with Gasteiger partial charge < -0.3 is 18.9 Å². The molecule has 1 aliphatic heterocycles. The molecule has 0 bridgehead atoms. The summed E-state index contributed by atoms with van der Waals surface area (Å²) >= 11 is 1.39. The summed E-state index contributed by atoms with van der Waals surface area (Å²) in [7, 11) is 1.59. The van der Waals surface area contributed by atoms with E-state index in [2.05, 4.69) is 4.98 Å². The molecule has 1 atom stereocenters. The van der Waals surface area contributed by atoms with Gasteiger partial charge in [-0.25, -0.2) is 9.78 Å². The lowest BCUT2D eigenvalue weighted by Crippen LogP contribution is -2.16. The third-order valence-electron chi connectivity index (χ3n) is 3.61. The Morgan fingerprint density at radius 3 is 3.04 bits per heavy atom. The van der Waals surface area contributed by atoms with Crippen LogP contribution in [0.4, 0.5) is 0 Å². The summed E-state index contributed by atoms with van der Waals surface area (Å²) in [5.74, 6) is 1.14. The average molecular weight is 349 g/mol. The highest BCUT2D eigenvalue weighted by atomic mass is 32.1. The maximum atomic E-state index is 12.1. The molecule has 0 aliphatic carbocycles. The molecule has 1 aromatic carbocycles. The maximum absolute atomic E-state index is 12.1. The molecular weight excluding hydrogens is 330 g/mol. The zero-order chi connectivity index (χ0) is 16.9. The highest BCUT2D eigenvalue weighted by Gasteiger charge is 2.17. The van der Waals surface area contributed by atoms with E-state index in [4.69, 9.17) is 18.9 Å². The van der Waals surface area contributed by atoms with E-state index in [9.17, 15) is 4.79 Å². The molecule has 7 heteroatoms. The molecule has 0 saturated carbocycles. The molecule has 0 fully saturated rings. The van der Waals surface area contributed by atoms with E-state index in [1.807, 2.05) is 25.1 Å². The van der Waals surface area contributed by atoms with Crippen molar-refractivity contribution in [2.45, 2.75) is 32.5 Å². The number of aromatic nitrogens is 1. The van der Waals surface area contributed by atoms with E-state index in [0.29, 0.717) is 12.3 Å². The van der Waals surface area contributed by atoms with E-state index < -0.39 is 5.97 Å². The van der Waals surface area contributed by atoms with Crippen LogP contribution >= 0.6 is 11.3 Å². The lowest BCUT2D eigenvalue weighted by atomic mass is 10.1. The van der Waals surface area contributed by atoms with E-state index >= 15 is 0 Å². The first-order chi connectivity index (χ1) is 11.7. The number of rotatable bonds is 7. The predicted octanol–water partition coefficient (Wildman–Crippen LogP) is 3.20. The smallest absolute Gasteiger partial charge is 0.358 e. The van der Waals surface area contributed by atoms with Crippen LogP contribution < -0.4 is 9.47 Å². The summed E-state index contributed by atoms with van der Waals surface area (Å²) in [6.07, 6.45) is 1.31. The first-order valence-electron chi connectivity index (χ1n) is 7.68. The quantitative estimate of drug-likeness (QED) is 0.715. The summed E-state index contributed by atoms with van der Waals surface area (Å²) in [5.41, 5.74) is 1.46. The van der Waals surface area contributed by atoms with Gasteiger partial charge in [0.1, 0.15) is 5.01 Å². The molecule has 128 valence electrons. The Kier molecular flexibility index (Phi) is 5.32. The fourth-order valence-electron chi connectivity index (χ4n) is 2.36. The third-order valence-corrected chi connectivity index (χ3v) is 4.44. The summed E-state index contributed by atoms with van der Waals surface area (Å²) in [5, 5.41) is 2.46. The van der Waals surface area contributed by atoms with Crippen LogP contribution in [0, 0.1) is 0 Å². The van der Waals surface area contributed by atoms with Crippen molar-refractivity contribution >= 4 is 17.3 Å². The number of aryl methyl sites for hydroxylation is 1. The molecule has 1 unspecified atom stereocenters. The predicted molar refractivity (Wildman–Crippen MR) is 88.6 cm³/mol. The minimum absolute atomic E-state index is 0.199. The second-order valence-electron chi connectivity index (χ2n) is 5.50. The Morgan fingerprint density at radius 2 is 2.21 bits per heavy atom. The van der Waals surface area contributed by atoms with E-state index in [-0.39, 0.29) is 12.9 Å². The van der Waals surface area contributed by atoms with Gasteiger partial charge in [0.25, 0.3) is 0 Å². The monoisotopic (exact) mass is 349 g/mol.